The Balaban J connectivity index is 1.83. The highest BCUT2D eigenvalue weighted by Gasteiger charge is 2.10. The van der Waals surface area contributed by atoms with E-state index in [0.717, 1.165) is 0 Å². The molecule has 0 radical (unpaired) electrons. The van der Waals surface area contributed by atoms with Crippen molar-refractivity contribution < 1.29 is 9.59 Å². The Morgan fingerprint density at radius 3 is 1.59 bits per heavy atom. The summed E-state index contributed by atoms with van der Waals surface area (Å²) >= 11 is 0. The van der Waals surface area contributed by atoms with E-state index in [9.17, 15) is 9.59 Å². The van der Waals surface area contributed by atoms with E-state index in [1.165, 1.54) is 0 Å². The minimum absolute atomic E-state index is 0.250. The van der Waals surface area contributed by atoms with Gasteiger partial charge < -0.3 is 10.6 Å². The van der Waals surface area contributed by atoms with Gasteiger partial charge in [-0.3, -0.25) is 9.59 Å². The number of amides is 2. The summed E-state index contributed by atoms with van der Waals surface area (Å²) < 4.78 is 0. The van der Waals surface area contributed by atoms with E-state index in [1.54, 1.807) is 48.5 Å². The summed E-state index contributed by atoms with van der Waals surface area (Å²) in [5.41, 5.74) is 18.1. The highest BCUT2D eigenvalue weighted by atomic mass is 16.2. The Kier molecular flexibility index (Phi) is 7.23. The van der Waals surface area contributed by atoms with E-state index < -0.39 is 0 Å². The second-order valence-corrected chi connectivity index (χ2v) is 5.28. The average Bonchev–Trinajstić information content (AvgIpc) is 2.69. The Morgan fingerprint density at radius 2 is 1.19 bits per heavy atom. The lowest BCUT2D eigenvalue weighted by Gasteiger charge is -2.09. The second kappa shape index (κ2) is 10.1. The molecule has 2 aromatic rings. The van der Waals surface area contributed by atoms with Crippen molar-refractivity contribution in [2.75, 3.05) is 13.1 Å². The molecule has 0 heterocycles. The highest BCUT2D eigenvalue weighted by Crippen LogP contribution is 2.19. The number of nitrogens with zero attached hydrogens (tertiary/aromatic N) is 6. The molecule has 10 heteroatoms. The van der Waals surface area contributed by atoms with Gasteiger partial charge in [-0.15, -0.1) is 0 Å². The van der Waals surface area contributed by atoms with Crippen molar-refractivity contribution in [2.24, 2.45) is 10.2 Å². The van der Waals surface area contributed by atoms with E-state index in [2.05, 4.69) is 30.7 Å². The largest absolute Gasteiger partial charge is 0.352 e. The van der Waals surface area contributed by atoms with Crippen molar-refractivity contribution in [2.45, 2.75) is 6.42 Å². The van der Waals surface area contributed by atoms with E-state index in [-0.39, 0.29) is 34.3 Å². The SMILES string of the molecule is [N-]=[N+]=Nc1ccccc1C(=O)NCCCNC(=O)c1ccccc1N=[N+]=[N-]. The van der Waals surface area contributed by atoms with Gasteiger partial charge in [-0.25, -0.2) is 0 Å². The molecule has 0 aliphatic heterocycles. The zero-order valence-electron chi connectivity index (χ0n) is 14.2. The summed E-state index contributed by atoms with van der Waals surface area (Å²) in [5.74, 6) is -0.726. The quantitative estimate of drug-likeness (QED) is 0.313. The molecule has 0 fully saturated rings. The molecule has 136 valence electrons. The van der Waals surface area contributed by atoms with Gasteiger partial charge in [-0.05, 0) is 29.6 Å². The van der Waals surface area contributed by atoms with E-state index in [4.69, 9.17) is 11.1 Å². The van der Waals surface area contributed by atoms with Crippen LogP contribution in [0, 0.1) is 0 Å². The monoisotopic (exact) mass is 364 g/mol. The number of nitrogens with one attached hydrogen (secondary N) is 2. The van der Waals surface area contributed by atoms with Crippen molar-refractivity contribution in [3.63, 3.8) is 0 Å². The first-order valence-corrected chi connectivity index (χ1v) is 8.02. The number of hydrogen-bond donors (Lipinski definition) is 2. The lowest BCUT2D eigenvalue weighted by atomic mass is 10.1. The Morgan fingerprint density at radius 1 is 0.778 bits per heavy atom. The summed E-state index contributed by atoms with van der Waals surface area (Å²) in [6.07, 6.45) is 0.491. The number of benzene rings is 2. The first kappa shape index (κ1) is 19.3. The van der Waals surface area contributed by atoms with Crippen LogP contribution in [0.15, 0.2) is 58.8 Å². The lowest BCUT2D eigenvalue weighted by Crippen LogP contribution is -2.30. The van der Waals surface area contributed by atoms with Gasteiger partial charge in [0.2, 0.25) is 0 Å². The van der Waals surface area contributed by atoms with Crippen LogP contribution in [-0.4, -0.2) is 24.9 Å². The van der Waals surface area contributed by atoms with Crippen LogP contribution in [0.2, 0.25) is 0 Å². The van der Waals surface area contributed by atoms with E-state index >= 15 is 0 Å². The third-order valence-electron chi connectivity index (χ3n) is 3.53. The van der Waals surface area contributed by atoms with Gasteiger partial charge in [0.1, 0.15) is 0 Å². The van der Waals surface area contributed by atoms with Crippen LogP contribution in [0.4, 0.5) is 11.4 Å². The summed E-state index contributed by atoms with van der Waals surface area (Å²) in [6, 6.07) is 12.9. The number of carbonyl (C=O) groups excluding carboxylic acids is 2. The van der Waals surface area contributed by atoms with Crippen LogP contribution >= 0.6 is 0 Å². The molecule has 0 unspecified atom stereocenters. The maximum absolute atomic E-state index is 12.1. The fourth-order valence-corrected chi connectivity index (χ4v) is 2.28. The van der Waals surface area contributed by atoms with Crippen LogP contribution in [0.5, 0.6) is 0 Å². The van der Waals surface area contributed by atoms with Gasteiger partial charge in [0.05, 0.1) is 11.4 Å². The summed E-state index contributed by atoms with van der Waals surface area (Å²) in [4.78, 5) is 29.7. The Bertz CT molecular complexity index is 855. The molecule has 0 bridgehead atoms. The smallest absolute Gasteiger partial charge is 0.251 e. The molecular weight excluding hydrogens is 348 g/mol. The third-order valence-corrected chi connectivity index (χ3v) is 3.53. The molecule has 2 amide bonds. The van der Waals surface area contributed by atoms with Gasteiger partial charge in [0.25, 0.3) is 11.8 Å². The lowest BCUT2D eigenvalue weighted by molar-refractivity contribution is 0.0952. The number of azide groups is 2. The Hall–Kier alpha value is -4.00. The molecule has 2 aromatic carbocycles. The van der Waals surface area contributed by atoms with Crippen molar-refractivity contribution in [1.29, 1.82) is 0 Å². The van der Waals surface area contributed by atoms with Gasteiger partial charge in [0, 0.05) is 34.0 Å². The maximum atomic E-state index is 12.1. The van der Waals surface area contributed by atoms with Crippen LogP contribution < -0.4 is 10.6 Å². The van der Waals surface area contributed by atoms with Crippen molar-refractivity contribution in [3.8, 4) is 0 Å². The highest BCUT2D eigenvalue weighted by molar-refractivity contribution is 5.99. The molecule has 27 heavy (non-hydrogen) atoms. The number of carbonyl (C=O) groups is 2. The predicted molar refractivity (Wildman–Crippen MR) is 99.8 cm³/mol. The van der Waals surface area contributed by atoms with Crippen molar-refractivity contribution in [1.82, 2.24) is 10.6 Å². The Labute approximate surface area is 154 Å². The van der Waals surface area contributed by atoms with Crippen molar-refractivity contribution in [3.05, 3.63) is 80.5 Å². The molecule has 0 aliphatic carbocycles. The standard InChI is InChI=1S/C17H16N8O2/c18-24-22-14-8-3-1-6-12(14)16(26)20-10-5-11-21-17(27)13-7-2-4-9-15(13)23-25-19/h1-4,6-9H,5,10-11H2,(H,20,26)(H,21,27). The zero-order valence-corrected chi connectivity index (χ0v) is 14.2. The molecule has 2 N–H and O–H groups in total. The molecule has 0 atom stereocenters. The topological polar surface area (TPSA) is 156 Å². The molecule has 10 nitrogen and oxygen atoms in total. The van der Waals surface area contributed by atoms with E-state index in [0.29, 0.717) is 19.5 Å². The van der Waals surface area contributed by atoms with Crippen LogP contribution in [0.3, 0.4) is 0 Å². The normalized spacial score (nSPS) is 9.48. The molecule has 2 rings (SSSR count). The molecule has 0 spiro atoms. The number of rotatable bonds is 8. The molecule has 0 saturated heterocycles. The second-order valence-electron chi connectivity index (χ2n) is 5.28. The van der Waals surface area contributed by atoms with Gasteiger partial charge in [-0.1, -0.05) is 46.6 Å². The summed E-state index contributed by atoms with van der Waals surface area (Å²) in [6.45, 7) is 0.642. The predicted octanol–water partition coefficient (Wildman–Crippen LogP) is 4.12. The van der Waals surface area contributed by atoms with Gasteiger partial charge in [0.15, 0.2) is 0 Å². The van der Waals surface area contributed by atoms with Crippen LogP contribution in [0.1, 0.15) is 27.1 Å². The molecule has 0 saturated carbocycles. The summed E-state index contributed by atoms with van der Waals surface area (Å²) in [5, 5.41) is 12.4. The minimum atomic E-state index is -0.363. The average molecular weight is 364 g/mol. The maximum Gasteiger partial charge on any atom is 0.251 e. The minimum Gasteiger partial charge on any atom is -0.352 e. The van der Waals surface area contributed by atoms with Crippen LogP contribution in [-0.2, 0) is 0 Å². The third kappa shape index (κ3) is 5.50. The molecule has 0 aliphatic rings. The zero-order chi connectivity index (χ0) is 19.5. The molecule has 0 aromatic heterocycles. The van der Waals surface area contributed by atoms with Gasteiger partial charge in [-0.2, -0.15) is 0 Å². The van der Waals surface area contributed by atoms with E-state index in [1.807, 2.05) is 0 Å². The molecular formula is C17H16N8O2. The number of hydrogen-bond acceptors (Lipinski definition) is 4. The van der Waals surface area contributed by atoms with Gasteiger partial charge >= 0.3 is 0 Å². The fourth-order valence-electron chi connectivity index (χ4n) is 2.28. The van der Waals surface area contributed by atoms with Crippen LogP contribution in [0.25, 0.3) is 20.9 Å². The van der Waals surface area contributed by atoms with Crippen molar-refractivity contribution >= 4 is 23.2 Å². The summed E-state index contributed by atoms with van der Waals surface area (Å²) in [7, 11) is 0. The first-order valence-electron chi connectivity index (χ1n) is 8.02. The fraction of sp³-hybridized carbons (Fsp3) is 0.176. The first-order chi connectivity index (χ1) is 13.2.